The molecule has 1 aromatic rings. The summed E-state index contributed by atoms with van der Waals surface area (Å²) in [7, 11) is 0. The predicted octanol–water partition coefficient (Wildman–Crippen LogP) is 1.27. The predicted molar refractivity (Wildman–Crippen MR) is 41.8 cm³/mol. The molecule has 66 valence electrons. The number of hydrogen-bond donors (Lipinski definition) is 0. The first-order chi connectivity index (χ1) is 5.86. The first-order valence-electron chi connectivity index (χ1n) is 4.24. The van der Waals surface area contributed by atoms with E-state index in [9.17, 15) is 0 Å². The fourth-order valence-corrected chi connectivity index (χ4v) is 1.42. The topological polar surface area (TPSA) is 48.2 Å². The highest BCUT2D eigenvalue weighted by Crippen LogP contribution is 2.24. The fraction of sp³-hybridized carbons (Fsp3) is 0.750. The molecule has 0 radical (unpaired) electrons. The van der Waals surface area contributed by atoms with Gasteiger partial charge >= 0.3 is 0 Å². The number of nitrogens with zero attached hydrogens (tertiary/aromatic N) is 2. The van der Waals surface area contributed by atoms with Gasteiger partial charge in [0.05, 0.1) is 0 Å². The van der Waals surface area contributed by atoms with Crippen LogP contribution in [0.25, 0.3) is 0 Å². The Labute approximate surface area is 70.9 Å². The molecular weight excluding hydrogens is 156 g/mol. The Hall–Kier alpha value is -0.900. The van der Waals surface area contributed by atoms with E-state index in [0.717, 1.165) is 37.8 Å². The summed E-state index contributed by atoms with van der Waals surface area (Å²) in [5.74, 6) is 1.91. The van der Waals surface area contributed by atoms with Crippen molar-refractivity contribution < 1.29 is 9.26 Å². The second-order valence-corrected chi connectivity index (χ2v) is 3.07. The lowest BCUT2D eigenvalue weighted by Gasteiger charge is -2.17. The van der Waals surface area contributed by atoms with Crippen molar-refractivity contribution in [1.29, 1.82) is 0 Å². The van der Waals surface area contributed by atoms with Gasteiger partial charge in [0, 0.05) is 19.1 Å². The second kappa shape index (κ2) is 3.23. The lowest BCUT2D eigenvalue weighted by atomic mass is 10.0. The van der Waals surface area contributed by atoms with Gasteiger partial charge in [-0.25, -0.2) is 0 Å². The third-order valence-corrected chi connectivity index (χ3v) is 2.11. The lowest BCUT2D eigenvalue weighted by molar-refractivity contribution is 0.0778. The van der Waals surface area contributed by atoms with Gasteiger partial charge in [0.2, 0.25) is 5.89 Å². The van der Waals surface area contributed by atoms with Crippen molar-refractivity contribution in [2.75, 3.05) is 13.2 Å². The van der Waals surface area contributed by atoms with Crippen LogP contribution in [-0.2, 0) is 4.74 Å². The van der Waals surface area contributed by atoms with E-state index in [-0.39, 0.29) is 0 Å². The maximum atomic E-state index is 5.24. The molecule has 0 unspecified atom stereocenters. The molecule has 12 heavy (non-hydrogen) atoms. The third kappa shape index (κ3) is 1.48. The summed E-state index contributed by atoms with van der Waals surface area (Å²) in [4.78, 5) is 4.20. The van der Waals surface area contributed by atoms with Gasteiger partial charge < -0.3 is 9.26 Å². The van der Waals surface area contributed by atoms with Crippen molar-refractivity contribution in [3.63, 3.8) is 0 Å². The zero-order chi connectivity index (χ0) is 8.39. The average molecular weight is 168 g/mol. The molecule has 0 aromatic carbocycles. The zero-order valence-corrected chi connectivity index (χ0v) is 7.12. The molecule has 0 atom stereocenters. The Kier molecular flexibility index (Phi) is 2.08. The smallest absolute Gasteiger partial charge is 0.229 e. The van der Waals surface area contributed by atoms with Crippen molar-refractivity contribution in [1.82, 2.24) is 10.1 Å². The van der Waals surface area contributed by atoms with Crippen LogP contribution in [0, 0.1) is 6.92 Å². The maximum absolute atomic E-state index is 5.24. The maximum Gasteiger partial charge on any atom is 0.229 e. The molecular formula is C8H12N2O2. The number of ether oxygens (including phenoxy) is 1. The SMILES string of the molecule is Cc1noc(C2CCOCC2)n1. The molecule has 0 saturated carbocycles. The first-order valence-corrected chi connectivity index (χ1v) is 4.24. The van der Waals surface area contributed by atoms with Crippen molar-refractivity contribution in [3.05, 3.63) is 11.7 Å². The van der Waals surface area contributed by atoms with E-state index in [4.69, 9.17) is 9.26 Å². The van der Waals surface area contributed by atoms with Gasteiger partial charge in [-0.3, -0.25) is 0 Å². The van der Waals surface area contributed by atoms with Crippen LogP contribution in [-0.4, -0.2) is 23.4 Å². The van der Waals surface area contributed by atoms with E-state index in [0.29, 0.717) is 5.92 Å². The van der Waals surface area contributed by atoms with E-state index < -0.39 is 0 Å². The number of aromatic nitrogens is 2. The van der Waals surface area contributed by atoms with Gasteiger partial charge in [0.1, 0.15) is 0 Å². The van der Waals surface area contributed by atoms with Gasteiger partial charge in [-0.05, 0) is 19.8 Å². The summed E-state index contributed by atoms with van der Waals surface area (Å²) < 4.78 is 10.3. The Bertz CT molecular complexity index is 253. The number of aryl methyl sites for hydroxylation is 1. The van der Waals surface area contributed by atoms with Gasteiger partial charge in [-0.15, -0.1) is 0 Å². The van der Waals surface area contributed by atoms with E-state index >= 15 is 0 Å². The van der Waals surface area contributed by atoms with Crippen molar-refractivity contribution in [2.24, 2.45) is 0 Å². The molecule has 2 rings (SSSR count). The average Bonchev–Trinajstić information content (AvgIpc) is 2.54. The van der Waals surface area contributed by atoms with Crippen molar-refractivity contribution >= 4 is 0 Å². The van der Waals surface area contributed by atoms with Gasteiger partial charge in [0.15, 0.2) is 5.82 Å². The molecule has 0 amide bonds. The Morgan fingerprint density at radius 1 is 1.33 bits per heavy atom. The molecule has 0 aliphatic carbocycles. The zero-order valence-electron chi connectivity index (χ0n) is 7.12. The van der Waals surface area contributed by atoms with Crippen LogP contribution in [0.3, 0.4) is 0 Å². The molecule has 2 heterocycles. The van der Waals surface area contributed by atoms with Crippen LogP contribution in [0.15, 0.2) is 4.52 Å². The van der Waals surface area contributed by atoms with E-state index in [1.54, 1.807) is 0 Å². The quantitative estimate of drug-likeness (QED) is 0.633. The lowest BCUT2D eigenvalue weighted by Crippen LogP contribution is -2.14. The molecule has 1 aliphatic rings. The van der Waals surface area contributed by atoms with Crippen LogP contribution < -0.4 is 0 Å². The Balaban J connectivity index is 2.08. The normalized spacial score (nSPS) is 19.8. The van der Waals surface area contributed by atoms with Crippen molar-refractivity contribution in [2.45, 2.75) is 25.7 Å². The standard InChI is InChI=1S/C8H12N2O2/c1-6-9-8(12-10-6)7-2-4-11-5-3-7/h7H,2-5H2,1H3. The number of rotatable bonds is 1. The summed E-state index contributed by atoms with van der Waals surface area (Å²) in [6, 6.07) is 0. The van der Waals surface area contributed by atoms with Crippen LogP contribution in [0.4, 0.5) is 0 Å². The molecule has 4 nitrogen and oxygen atoms in total. The van der Waals surface area contributed by atoms with Crippen LogP contribution >= 0.6 is 0 Å². The molecule has 1 aromatic heterocycles. The summed E-state index contributed by atoms with van der Waals surface area (Å²) in [5, 5.41) is 3.76. The highest BCUT2D eigenvalue weighted by Gasteiger charge is 2.20. The monoisotopic (exact) mass is 168 g/mol. The summed E-state index contributed by atoms with van der Waals surface area (Å²) in [6.07, 6.45) is 2.00. The fourth-order valence-electron chi connectivity index (χ4n) is 1.42. The van der Waals surface area contributed by atoms with Gasteiger partial charge in [-0.2, -0.15) is 4.98 Å². The minimum Gasteiger partial charge on any atom is -0.381 e. The summed E-state index contributed by atoms with van der Waals surface area (Å²) >= 11 is 0. The Morgan fingerprint density at radius 3 is 2.67 bits per heavy atom. The van der Waals surface area contributed by atoms with Gasteiger partial charge in [0.25, 0.3) is 0 Å². The third-order valence-electron chi connectivity index (χ3n) is 2.11. The molecule has 1 saturated heterocycles. The van der Waals surface area contributed by atoms with E-state index in [1.165, 1.54) is 0 Å². The molecule has 0 N–H and O–H groups in total. The molecule has 4 heteroatoms. The minimum absolute atomic E-state index is 0.417. The van der Waals surface area contributed by atoms with Crippen LogP contribution in [0.5, 0.6) is 0 Å². The van der Waals surface area contributed by atoms with Gasteiger partial charge in [-0.1, -0.05) is 5.16 Å². The highest BCUT2D eigenvalue weighted by molar-refractivity contribution is 4.93. The van der Waals surface area contributed by atoms with Crippen LogP contribution in [0.1, 0.15) is 30.5 Å². The Morgan fingerprint density at radius 2 is 2.08 bits per heavy atom. The largest absolute Gasteiger partial charge is 0.381 e. The summed E-state index contributed by atoms with van der Waals surface area (Å²) in [5.41, 5.74) is 0. The second-order valence-electron chi connectivity index (χ2n) is 3.07. The van der Waals surface area contributed by atoms with E-state index in [1.807, 2.05) is 6.92 Å². The molecule has 0 bridgehead atoms. The number of hydrogen-bond acceptors (Lipinski definition) is 4. The van der Waals surface area contributed by atoms with E-state index in [2.05, 4.69) is 10.1 Å². The minimum atomic E-state index is 0.417. The summed E-state index contributed by atoms with van der Waals surface area (Å²) in [6.45, 7) is 3.46. The highest BCUT2D eigenvalue weighted by atomic mass is 16.5. The first kappa shape index (κ1) is 7.73. The molecule has 1 aliphatic heterocycles. The molecule has 1 fully saturated rings. The van der Waals surface area contributed by atoms with Crippen LogP contribution in [0.2, 0.25) is 0 Å². The van der Waals surface area contributed by atoms with Crippen molar-refractivity contribution in [3.8, 4) is 0 Å². The molecule has 0 spiro atoms.